The molecule has 0 aliphatic heterocycles. The molecule has 1 saturated carbocycles. The predicted molar refractivity (Wildman–Crippen MR) is 72.2 cm³/mol. The molecule has 2 nitrogen and oxygen atoms in total. The Kier molecular flexibility index (Phi) is 4.55. The molecule has 0 amide bonds. The topological polar surface area (TPSA) is 24.9 Å². The SMILES string of the molecule is CCNCC1CCCCC1c1cnccc1C. The second kappa shape index (κ2) is 6.15. The first-order valence-electron chi connectivity index (χ1n) is 6.94. The number of hydrogen-bond acceptors (Lipinski definition) is 2. The summed E-state index contributed by atoms with van der Waals surface area (Å²) >= 11 is 0. The molecule has 94 valence electrons. The number of pyridine rings is 1. The van der Waals surface area contributed by atoms with E-state index < -0.39 is 0 Å². The van der Waals surface area contributed by atoms with Gasteiger partial charge in [0.2, 0.25) is 0 Å². The lowest BCUT2D eigenvalue weighted by molar-refractivity contribution is 0.296. The first kappa shape index (κ1) is 12.6. The first-order valence-corrected chi connectivity index (χ1v) is 6.94. The zero-order chi connectivity index (χ0) is 12.1. The van der Waals surface area contributed by atoms with E-state index >= 15 is 0 Å². The predicted octanol–water partition coefficient (Wildman–Crippen LogP) is 3.27. The molecule has 1 aliphatic carbocycles. The summed E-state index contributed by atoms with van der Waals surface area (Å²) in [5.41, 5.74) is 2.89. The molecule has 0 spiro atoms. The van der Waals surface area contributed by atoms with Gasteiger partial charge in [0.1, 0.15) is 0 Å². The van der Waals surface area contributed by atoms with Gasteiger partial charge in [0, 0.05) is 12.4 Å². The lowest BCUT2D eigenvalue weighted by Crippen LogP contribution is -2.29. The van der Waals surface area contributed by atoms with E-state index in [-0.39, 0.29) is 0 Å². The van der Waals surface area contributed by atoms with Gasteiger partial charge in [-0.1, -0.05) is 19.8 Å². The zero-order valence-corrected chi connectivity index (χ0v) is 11.1. The molecule has 17 heavy (non-hydrogen) atoms. The second-order valence-corrected chi connectivity index (χ2v) is 5.19. The average Bonchev–Trinajstić information content (AvgIpc) is 2.37. The number of nitrogens with one attached hydrogen (secondary N) is 1. The summed E-state index contributed by atoms with van der Waals surface area (Å²) in [4.78, 5) is 4.32. The second-order valence-electron chi connectivity index (χ2n) is 5.19. The first-order chi connectivity index (χ1) is 8.33. The molecule has 2 atom stereocenters. The van der Waals surface area contributed by atoms with E-state index in [0.29, 0.717) is 0 Å². The molecule has 0 saturated heterocycles. The van der Waals surface area contributed by atoms with Crippen LogP contribution in [0.5, 0.6) is 0 Å². The molecule has 1 aromatic rings. The van der Waals surface area contributed by atoms with Crippen LogP contribution in [0.1, 0.15) is 49.7 Å². The van der Waals surface area contributed by atoms with Crippen molar-refractivity contribution >= 4 is 0 Å². The molecule has 0 bridgehead atoms. The van der Waals surface area contributed by atoms with E-state index in [0.717, 1.165) is 24.9 Å². The highest BCUT2D eigenvalue weighted by atomic mass is 14.8. The Morgan fingerprint density at radius 3 is 2.94 bits per heavy atom. The van der Waals surface area contributed by atoms with Gasteiger partial charge >= 0.3 is 0 Å². The van der Waals surface area contributed by atoms with Gasteiger partial charge in [-0.3, -0.25) is 4.98 Å². The van der Waals surface area contributed by atoms with E-state index in [1.807, 2.05) is 6.20 Å². The molecule has 2 unspecified atom stereocenters. The summed E-state index contributed by atoms with van der Waals surface area (Å²) in [5, 5.41) is 3.52. The molecule has 1 aliphatic rings. The highest BCUT2D eigenvalue weighted by Crippen LogP contribution is 2.38. The van der Waals surface area contributed by atoms with Crippen LogP contribution in [-0.2, 0) is 0 Å². The Labute approximate surface area is 105 Å². The molecule has 0 aromatic carbocycles. The third kappa shape index (κ3) is 3.06. The quantitative estimate of drug-likeness (QED) is 0.861. The fraction of sp³-hybridized carbons (Fsp3) is 0.667. The number of hydrogen-bond donors (Lipinski definition) is 1. The zero-order valence-electron chi connectivity index (χ0n) is 11.1. The third-order valence-corrected chi connectivity index (χ3v) is 4.04. The minimum Gasteiger partial charge on any atom is -0.317 e. The average molecular weight is 232 g/mol. The van der Waals surface area contributed by atoms with Crippen LogP contribution in [0.3, 0.4) is 0 Å². The van der Waals surface area contributed by atoms with Crippen LogP contribution < -0.4 is 5.32 Å². The number of aromatic nitrogens is 1. The van der Waals surface area contributed by atoms with Gasteiger partial charge in [-0.05, 0) is 61.9 Å². The van der Waals surface area contributed by atoms with Crippen molar-refractivity contribution < 1.29 is 0 Å². The lowest BCUT2D eigenvalue weighted by atomic mass is 9.75. The largest absolute Gasteiger partial charge is 0.317 e. The van der Waals surface area contributed by atoms with Crippen molar-refractivity contribution in [1.29, 1.82) is 0 Å². The van der Waals surface area contributed by atoms with Gasteiger partial charge in [-0.25, -0.2) is 0 Å². The summed E-state index contributed by atoms with van der Waals surface area (Å²) in [5.74, 6) is 1.52. The molecule has 1 aromatic heterocycles. The number of rotatable bonds is 4. The number of aryl methyl sites for hydroxylation is 1. The van der Waals surface area contributed by atoms with Crippen LogP contribution in [0.15, 0.2) is 18.5 Å². The monoisotopic (exact) mass is 232 g/mol. The van der Waals surface area contributed by atoms with Crippen molar-refractivity contribution in [3.8, 4) is 0 Å². The third-order valence-electron chi connectivity index (χ3n) is 4.04. The maximum atomic E-state index is 4.32. The van der Waals surface area contributed by atoms with Gasteiger partial charge in [-0.2, -0.15) is 0 Å². The Hall–Kier alpha value is -0.890. The lowest BCUT2D eigenvalue weighted by Gasteiger charge is -2.32. The molecule has 2 rings (SSSR count). The van der Waals surface area contributed by atoms with Crippen molar-refractivity contribution in [2.24, 2.45) is 5.92 Å². The fourth-order valence-corrected chi connectivity index (χ4v) is 3.06. The molecular weight excluding hydrogens is 208 g/mol. The van der Waals surface area contributed by atoms with Gasteiger partial charge < -0.3 is 5.32 Å². The molecule has 1 heterocycles. The van der Waals surface area contributed by atoms with E-state index in [2.05, 4.69) is 36.4 Å². The molecule has 1 fully saturated rings. The van der Waals surface area contributed by atoms with Crippen molar-refractivity contribution in [2.75, 3.05) is 13.1 Å². The Balaban J connectivity index is 2.13. The molecule has 1 N–H and O–H groups in total. The Morgan fingerprint density at radius 1 is 1.35 bits per heavy atom. The minimum absolute atomic E-state index is 0.719. The minimum atomic E-state index is 0.719. The van der Waals surface area contributed by atoms with E-state index in [1.54, 1.807) is 0 Å². The van der Waals surface area contributed by atoms with Gasteiger partial charge in [-0.15, -0.1) is 0 Å². The summed E-state index contributed by atoms with van der Waals surface area (Å²) in [6.45, 7) is 6.65. The maximum absolute atomic E-state index is 4.32. The van der Waals surface area contributed by atoms with Crippen LogP contribution in [-0.4, -0.2) is 18.1 Å². The van der Waals surface area contributed by atoms with Crippen molar-refractivity contribution in [3.05, 3.63) is 29.6 Å². The molecule has 2 heteroatoms. The Bertz CT molecular complexity index is 349. The summed E-state index contributed by atoms with van der Waals surface area (Å²) in [7, 11) is 0. The van der Waals surface area contributed by atoms with E-state index in [4.69, 9.17) is 0 Å². The molecule has 0 radical (unpaired) electrons. The van der Waals surface area contributed by atoms with Crippen LogP contribution in [0.2, 0.25) is 0 Å². The Morgan fingerprint density at radius 2 is 2.18 bits per heavy atom. The van der Waals surface area contributed by atoms with Gasteiger partial charge in [0.05, 0.1) is 0 Å². The van der Waals surface area contributed by atoms with Crippen LogP contribution >= 0.6 is 0 Å². The van der Waals surface area contributed by atoms with Gasteiger partial charge in [0.15, 0.2) is 0 Å². The standard InChI is InChI=1S/C15H24N2/c1-3-16-10-13-6-4-5-7-14(13)15-11-17-9-8-12(15)2/h8-9,11,13-14,16H,3-7,10H2,1-2H3. The van der Waals surface area contributed by atoms with E-state index in [1.165, 1.54) is 36.8 Å². The highest BCUT2D eigenvalue weighted by Gasteiger charge is 2.27. The summed E-state index contributed by atoms with van der Waals surface area (Å²) in [6, 6.07) is 2.15. The van der Waals surface area contributed by atoms with E-state index in [9.17, 15) is 0 Å². The van der Waals surface area contributed by atoms with Crippen LogP contribution in [0.25, 0.3) is 0 Å². The highest BCUT2D eigenvalue weighted by molar-refractivity contribution is 5.26. The fourth-order valence-electron chi connectivity index (χ4n) is 3.06. The van der Waals surface area contributed by atoms with Crippen molar-refractivity contribution in [2.45, 2.75) is 45.4 Å². The summed E-state index contributed by atoms with van der Waals surface area (Å²) in [6.07, 6.45) is 9.47. The summed E-state index contributed by atoms with van der Waals surface area (Å²) < 4.78 is 0. The van der Waals surface area contributed by atoms with Gasteiger partial charge in [0.25, 0.3) is 0 Å². The maximum Gasteiger partial charge on any atom is 0.0305 e. The normalized spacial score (nSPS) is 24.8. The van der Waals surface area contributed by atoms with Crippen LogP contribution in [0, 0.1) is 12.8 Å². The van der Waals surface area contributed by atoms with Crippen molar-refractivity contribution in [3.63, 3.8) is 0 Å². The smallest absolute Gasteiger partial charge is 0.0305 e. The van der Waals surface area contributed by atoms with Crippen LogP contribution in [0.4, 0.5) is 0 Å². The molecular formula is C15H24N2. The van der Waals surface area contributed by atoms with Crippen molar-refractivity contribution in [1.82, 2.24) is 10.3 Å². The number of nitrogens with zero attached hydrogens (tertiary/aromatic N) is 1.